The molecule has 0 fully saturated rings. The SMILES string of the molecule is N#Cc1ccc(N=C(N)c2cccc(F)c2)cc1. The first-order chi connectivity index (χ1) is 8.69. The van der Waals surface area contributed by atoms with Crippen LogP contribution in [0.5, 0.6) is 0 Å². The Labute approximate surface area is 104 Å². The topological polar surface area (TPSA) is 62.2 Å². The van der Waals surface area contributed by atoms with Crippen LogP contribution in [0.3, 0.4) is 0 Å². The smallest absolute Gasteiger partial charge is 0.131 e. The predicted molar refractivity (Wildman–Crippen MR) is 67.9 cm³/mol. The number of amidine groups is 1. The van der Waals surface area contributed by atoms with E-state index in [-0.39, 0.29) is 11.7 Å². The maximum atomic E-state index is 13.0. The van der Waals surface area contributed by atoms with Crippen molar-refractivity contribution >= 4 is 11.5 Å². The molecule has 0 radical (unpaired) electrons. The van der Waals surface area contributed by atoms with Gasteiger partial charge < -0.3 is 5.73 Å². The van der Waals surface area contributed by atoms with Crippen molar-refractivity contribution < 1.29 is 4.39 Å². The van der Waals surface area contributed by atoms with E-state index in [2.05, 4.69) is 4.99 Å². The summed E-state index contributed by atoms with van der Waals surface area (Å²) >= 11 is 0. The lowest BCUT2D eigenvalue weighted by atomic mass is 10.2. The summed E-state index contributed by atoms with van der Waals surface area (Å²) in [6.07, 6.45) is 0. The van der Waals surface area contributed by atoms with Crippen molar-refractivity contribution in [2.24, 2.45) is 10.7 Å². The van der Waals surface area contributed by atoms with Gasteiger partial charge in [-0.2, -0.15) is 5.26 Å². The molecule has 3 nitrogen and oxygen atoms in total. The zero-order valence-corrected chi connectivity index (χ0v) is 9.47. The highest BCUT2D eigenvalue weighted by molar-refractivity contribution is 5.99. The molecule has 0 saturated carbocycles. The van der Waals surface area contributed by atoms with Gasteiger partial charge in [-0.3, -0.25) is 0 Å². The first kappa shape index (κ1) is 11.8. The molecule has 2 N–H and O–H groups in total. The maximum absolute atomic E-state index is 13.0. The molecule has 88 valence electrons. The molecule has 0 spiro atoms. The summed E-state index contributed by atoms with van der Waals surface area (Å²) in [4.78, 5) is 4.16. The van der Waals surface area contributed by atoms with Gasteiger partial charge in [-0.15, -0.1) is 0 Å². The molecule has 2 rings (SSSR count). The second kappa shape index (κ2) is 5.11. The number of rotatable bonds is 2. The van der Waals surface area contributed by atoms with Crippen molar-refractivity contribution in [3.05, 3.63) is 65.5 Å². The predicted octanol–water partition coefficient (Wildman–Crippen LogP) is 2.73. The van der Waals surface area contributed by atoms with Crippen LogP contribution in [0.25, 0.3) is 0 Å². The van der Waals surface area contributed by atoms with E-state index >= 15 is 0 Å². The summed E-state index contributed by atoms with van der Waals surface area (Å²) < 4.78 is 13.0. The summed E-state index contributed by atoms with van der Waals surface area (Å²) in [5, 5.41) is 8.67. The Morgan fingerprint density at radius 2 is 1.89 bits per heavy atom. The van der Waals surface area contributed by atoms with Crippen LogP contribution in [-0.2, 0) is 0 Å². The maximum Gasteiger partial charge on any atom is 0.131 e. The summed E-state index contributed by atoms with van der Waals surface area (Å²) in [5.74, 6) is -0.121. The zero-order valence-electron chi connectivity index (χ0n) is 9.47. The molecule has 0 bridgehead atoms. The van der Waals surface area contributed by atoms with Gasteiger partial charge in [0.25, 0.3) is 0 Å². The summed E-state index contributed by atoms with van der Waals surface area (Å²) in [6, 6.07) is 14.6. The average molecular weight is 239 g/mol. The lowest BCUT2D eigenvalue weighted by molar-refractivity contribution is 0.627. The minimum absolute atomic E-state index is 0.235. The molecular formula is C14H10FN3. The Bertz CT molecular complexity index is 624. The third-order valence-corrected chi connectivity index (χ3v) is 2.37. The van der Waals surface area contributed by atoms with E-state index in [1.54, 1.807) is 36.4 Å². The molecule has 0 atom stereocenters. The van der Waals surface area contributed by atoms with Crippen molar-refractivity contribution in [2.75, 3.05) is 0 Å². The highest BCUT2D eigenvalue weighted by atomic mass is 19.1. The first-order valence-corrected chi connectivity index (χ1v) is 5.29. The van der Waals surface area contributed by atoms with E-state index in [1.165, 1.54) is 12.1 Å². The molecule has 0 heterocycles. The van der Waals surface area contributed by atoms with Gasteiger partial charge in [0.05, 0.1) is 17.3 Å². The number of nitrogens with two attached hydrogens (primary N) is 1. The van der Waals surface area contributed by atoms with Crippen LogP contribution < -0.4 is 5.73 Å². The van der Waals surface area contributed by atoms with Gasteiger partial charge in [0.15, 0.2) is 0 Å². The third-order valence-electron chi connectivity index (χ3n) is 2.37. The Morgan fingerprint density at radius 3 is 2.50 bits per heavy atom. The minimum atomic E-state index is -0.356. The van der Waals surface area contributed by atoms with Gasteiger partial charge in [0.2, 0.25) is 0 Å². The normalized spacial score (nSPS) is 11.0. The van der Waals surface area contributed by atoms with Crippen LogP contribution in [-0.4, -0.2) is 5.84 Å². The van der Waals surface area contributed by atoms with Gasteiger partial charge in [0, 0.05) is 5.56 Å². The van der Waals surface area contributed by atoms with Crippen LogP contribution in [0, 0.1) is 17.1 Å². The Morgan fingerprint density at radius 1 is 1.17 bits per heavy atom. The van der Waals surface area contributed by atoms with Gasteiger partial charge in [-0.05, 0) is 36.4 Å². The highest BCUT2D eigenvalue weighted by Gasteiger charge is 2.00. The number of halogens is 1. The zero-order chi connectivity index (χ0) is 13.0. The van der Waals surface area contributed by atoms with Crippen LogP contribution in [0.2, 0.25) is 0 Å². The second-order valence-corrected chi connectivity index (χ2v) is 3.67. The van der Waals surface area contributed by atoms with Crippen molar-refractivity contribution in [3.63, 3.8) is 0 Å². The quantitative estimate of drug-likeness (QED) is 0.647. The lowest BCUT2D eigenvalue weighted by Crippen LogP contribution is -2.12. The Hall–Kier alpha value is -2.67. The van der Waals surface area contributed by atoms with Gasteiger partial charge in [-0.25, -0.2) is 9.38 Å². The molecule has 0 aliphatic heterocycles. The average Bonchev–Trinajstić information content (AvgIpc) is 2.39. The van der Waals surface area contributed by atoms with Crippen molar-refractivity contribution in [1.29, 1.82) is 5.26 Å². The number of nitrogens with zero attached hydrogens (tertiary/aromatic N) is 2. The van der Waals surface area contributed by atoms with E-state index in [1.807, 2.05) is 6.07 Å². The van der Waals surface area contributed by atoms with E-state index in [0.29, 0.717) is 16.8 Å². The minimum Gasteiger partial charge on any atom is -0.383 e. The van der Waals surface area contributed by atoms with E-state index in [0.717, 1.165) is 0 Å². The second-order valence-electron chi connectivity index (χ2n) is 3.67. The molecule has 0 aliphatic rings. The van der Waals surface area contributed by atoms with Crippen LogP contribution in [0.4, 0.5) is 10.1 Å². The van der Waals surface area contributed by atoms with E-state index < -0.39 is 0 Å². The molecule has 0 unspecified atom stereocenters. The molecule has 2 aromatic rings. The van der Waals surface area contributed by atoms with Crippen molar-refractivity contribution in [2.45, 2.75) is 0 Å². The summed E-state index contributed by atoms with van der Waals surface area (Å²) in [5.41, 5.74) is 7.49. The van der Waals surface area contributed by atoms with E-state index in [4.69, 9.17) is 11.0 Å². The number of aliphatic imine (C=N–C) groups is 1. The molecule has 0 saturated heterocycles. The fraction of sp³-hybridized carbons (Fsp3) is 0. The lowest BCUT2D eigenvalue weighted by Gasteiger charge is -2.01. The molecule has 4 heteroatoms. The molecular weight excluding hydrogens is 229 g/mol. The fourth-order valence-corrected chi connectivity index (χ4v) is 1.46. The number of benzene rings is 2. The van der Waals surface area contributed by atoms with Crippen molar-refractivity contribution in [3.8, 4) is 6.07 Å². The van der Waals surface area contributed by atoms with Crippen molar-refractivity contribution in [1.82, 2.24) is 0 Å². The van der Waals surface area contributed by atoms with Crippen LogP contribution in [0.1, 0.15) is 11.1 Å². The van der Waals surface area contributed by atoms with Crippen LogP contribution >= 0.6 is 0 Å². The fourth-order valence-electron chi connectivity index (χ4n) is 1.46. The standard InChI is InChI=1S/C14H10FN3/c15-12-3-1-2-11(8-12)14(17)18-13-6-4-10(9-16)5-7-13/h1-8H,(H2,17,18). The van der Waals surface area contributed by atoms with Gasteiger partial charge in [0.1, 0.15) is 11.7 Å². The summed E-state index contributed by atoms with van der Waals surface area (Å²) in [7, 11) is 0. The molecule has 2 aromatic carbocycles. The Kier molecular flexibility index (Phi) is 3.35. The molecule has 0 amide bonds. The van der Waals surface area contributed by atoms with Gasteiger partial charge in [-0.1, -0.05) is 12.1 Å². The molecule has 0 aliphatic carbocycles. The highest BCUT2D eigenvalue weighted by Crippen LogP contribution is 2.14. The van der Waals surface area contributed by atoms with E-state index in [9.17, 15) is 4.39 Å². The number of hydrogen-bond acceptors (Lipinski definition) is 2. The first-order valence-electron chi connectivity index (χ1n) is 5.29. The third kappa shape index (κ3) is 2.71. The number of hydrogen-bond donors (Lipinski definition) is 1. The Balaban J connectivity index is 2.30. The molecule has 18 heavy (non-hydrogen) atoms. The summed E-state index contributed by atoms with van der Waals surface area (Å²) in [6.45, 7) is 0. The molecule has 0 aromatic heterocycles. The largest absolute Gasteiger partial charge is 0.383 e. The van der Waals surface area contributed by atoms with Crippen LogP contribution in [0.15, 0.2) is 53.5 Å². The monoisotopic (exact) mass is 239 g/mol. The number of nitriles is 1. The van der Waals surface area contributed by atoms with Gasteiger partial charge >= 0.3 is 0 Å².